The smallest absolute Gasteiger partial charge is 0.0396 e. The van der Waals surface area contributed by atoms with E-state index in [1.807, 2.05) is 0 Å². The van der Waals surface area contributed by atoms with Gasteiger partial charge in [0.15, 0.2) is 0 Å². The van der Waals surface area contributed by atoms with Crippen LogP contribution in [0.15, 0.2) is 118 Å². The summed E-state index contributed by atoms with van der Waals surface area (Å²) in [6.07, 6.45) is 0. The van der Waals surface area contributed by atoms with Crippen LogP contribution >= 0.6 is 31.9 Å². The summed E-state index contributed by atoms with van der Waals surface area (Å²) in [6.45, 7) is 0. The van der Waals surface area contributed by atoms with Crippen molar-refractivity contribution in [3.8, 4) is 11.1 Å². The molecule has 7 rings (SSSR count). The Morgan fingerprint density at radius 2 is 0.882 bits per heavy atom. The highest BCUT2D eigenvalue weighted by atomic mass is 79.9. The van der Waals surface area contributed by atoms with Crippen LogP contribution < -0.4 is 0 Å². The van der Waals surface area contributed by atoms with E-state index in [1.165, 1.54) is 65.0 Å². The third-order valence-electron chi connectivity index (χ3n) is 6.90. The molecule has 0 fully saturated rings. The Labute approximate surface area is 214 Å². The minimum atomic E-state index is 1.06. The van der Waals surface area contributed by atoms with Crippen LogP contribution in [0.5, 0.6) is 0 Å². The second-order valence-electron chi connectivity index (χ2n) is 8.89. The molecule has 0 amide bonds. The van der Waals surface area contributed by atoms with Crippen LogP contribution in [0.2, 0.25) is 0 Å². The summed E-state index contributed by atoms with van der Waals surface area (Å²) in [4.78, 5) is 0. The molecule has 0 aromatic heterocycles. The largest absolute Gasteiger partial charge is 0.0616 e. The Hall–Kier alpha value is -3.20. The van der Waals surface area contributed by atoms with E-state index < -0.39 is 0 Å². The van der Waals surface area contributed by atoms with Crippen LogP contribution in [-0.4, -0.2) is 0 Å². The fraction of sp³-hybridized carbons (Fsp3) is 0. The lowest BCUT2D eigenvalue weighted by Crippen LogP contribution is -1.86. The fourth-order valence-electron chi connectivity index (χ4n) is 5.22. The summed E-state index contributed by atoms with van der Waals surface area (Å²) in [7, 11) is 0. The van der Waals surface area contributed by atoms with Crippen molar-refractivity contribution in [3.63, 3.8) is 0 Å². The Bertz CT molecular complexity index is 1930. The molecular formula is C32H18Br2. The van der Waals surface area contributed by atoms with E-state index in [9.17, 15) is 0 Å². The van der Waals surface area contributed by atoms with Crippen LogP contribution in [0.3, 0.4) is 0 Å². The molecule has 0 N–H and O–H groups in total. The molecule has 0 radical (unpaired) electrons. The summed E-state index contributed by atoms with van der Waals surface area (Å²) in [5, 5.41) is 12.8. The van der Waals surface area contributed by atoms with Gasteiger partial charge in [-0.15, -0.1) is 0 Å². The normalized spacial score (nSPS) is 11.8. The molecule has 0 spiro atoms. The standard InChI is InChI=1S/C32H18Br2/c33-31-10-4-9-27(32(31)34)26-8-3-7-21-15-22-11-12-23-16-24-13-19-5-1-2-6-20(19)14-25(24)17-28(23)30(22)18-29(21)26/h1-18H. The Kier molecular flexibility index (Phi) is 4.55. The Morgan fingerprint density at radius 3 is 1.65 bits per heavy atom. The highest BCUT2D eigenvalue weighted by Gasteiger charge is 2.12. The molecule has 0 saturated carbocycles. The number of fused-ring (bicyclic) bond motifs is 6. The molecule has 0 aliphatic heterocycles. The molecule has 0 nitrogen and oxygen atoms in total. The number of hydrogen-bond acceptors (Lipinski definition) is 0. The van der Waals surface area contributed by atoms with Gasteiger partial charge in [0.25, 0.3) is 0 Å². The summed E-state index contributed by atoms with van der Waals surface area (Å²) in [5.41, 5.74) is 2.42. The zero-order chi connectivity index (χ0) is 22.8. The first kappa shape index (κ1) is 20.2. The maximum absolute atomic E-state index is 3.79. The zero-order valence-electron chi connectivity index (χ0n) is 18.1. The molecule has 160 valence electrons. The van der Waals surface area contributed by atoms with Crippen LogP contribution in [0.4, 0.5) is 0 Å². The number of hydrogen-bond donors (Lipinski definition) is 0. The Balaban J connectivity index is 1.57. The monoisotopic (exact) mass is 560 g/mol. The maximum Gasteiger partial charge on any atom is 0.0396 e. The predicted octanol–water partition coefficient (Wildman–Crippen LogP) is 10.6. The third-order valence-corrected chi connectivity index (χ3v) is 8.95. The van der Waals surface area contributed by atoms with Crippen molar-refractivity contribution < 1.29 is 0 Å². The topological polar surface area (TPSA) is 0 Å². The first-order valence-corrected chi connectivity index (χ1v) is 12.9. The molecule has 2 heteroatoms. The minimum Gasteiger partial charge on any atom is -0.0616 e. The van der Waals surface area contributed by atoms with Gasteiger partial charge in [-0.05, 0) is 139 Å². The molecule has 34 heavy (non-hydrogen) atoms. The highest BCUT2D eigenvalue weighted by Crippen LogP contribution is 2.40. The quantitative estimate of drug-likeness (QED) is 0.138. The summed E-state index contributed by atoms with van der Waals surface area (Å²) < 4.78 is 2.14. The molecule has 0 aliphatic carbocycles. The van der Waals surface area contributed by atoms with E-state index in [2.05, 4.69) is 141 Å². The van der Waals surface area contributed by atoms with E-state index in [0.29, 0.717) is 0 Å². The lowest BCUT2D eigenvalue weighted by Gasteiger charge is -2.13. The van der Waals surface area contributed by atoms with E-state index in [0.717, 1.165) is 8.95 Å². The number of halogens is 2. The van der Waals surface area contributed by atoms with Crippen molar-refractivity contribution in [2.45, 2.75) is 0 Å². The van der Waals surface area contributed by atoms with Crippen molar-refractivity contribution in [3.05, 3.63) is 118 Å². The van der Waals surface area contributed by atoms with Crippen LogP contribution in [0, 0.1) is 0 Å². The lowest BCUT2D eigenvalue weighted by molar-refractivity contribution is 1.57. The lowest BCUT2D eigenvalue weighted by atomic mass is 9.92. The van der Waals surface area contributed by atoms with E-state index in [-0.39, 0.29) is 0 Å². The van der Waals surface area contributed by atoms with E-state index >= 15 is 0 Å². The predicted molar refractivity (Wildman–Crippen MR) is 155 cm³/mol. The zero-order valence-corrected chi connectivity index (χ0v) is 21.3. The van der Waals surface area contributed by atoms with Crippen LogP contribution in [0.25, 0.3) is 65.0 Å². The van der Waals surface area contributed by atoms with Gasteiger partial charge in [0.2, 0.25) is 0 Å². The van der Waals surface area contributed by atoms with Crippen LogP contribution in [0.1, 0.15) is 0 Å². The average Bonchev–Trinajstić information content (AvgIpc) is 2.86. The SMILES string of the molecule is Brc1cccc(-c2cccc3cc4ccc5cc6cc7ccccc7cc6cc5c4cc23)c1Br. The molecule has 0 unspecified atom stereocenters. The van der Waals surface area contributed by atoms with Gasteiger partial charge < -0.3 is 0 Å². The first-order chi connectivity index (χ1) is 16.7. The number of rotatable bonds is 1. The summed E-state index contributed by atoms with van der Waals surface area (Å²) in [5.74, 6) is 0. The molecule has 7 aromatic carbocycles. The molecule has 0 saturated heterocycles. The first-order valence-electron chi connectivity index (χ1n) is 11.3. The summed E-state index contributed by atoms with van der Waals surface area (Å²) >= 11 is 7.47. The van der Waals surface area contributed by atoms with Gasteiger partial charge in [0.05, 0.1) is 0 Å². The van der Waals surface area contributed by atoms with Gasteiger partial charge in [-0.25, -0.2) is 0 Å². The molecule has 0 atom stereocenters. The van der Waals surface area contributed by atoms with Gasteiger partial charge in [-0.3, -0.25) is 0 Å². The highest BCUT2D eigenvalue weighted by molar-refractivity contribution is 9.13. The second-order valence-corrected chi connectivity index (χ2v) is 10.5. The van der Waals surface area contributed by atoms with Crippen molar-refractivity contribution in [1.82, 2.24) is 0 Å². The van der Waals surface area contributed by atoms with Gasteiger partial charge in [0.1, 0.15) is 0 Å². The maximum atomic E-state index is 3.79. The van der Waals surface area contributed by atoms with Gasteiger partial charge in [0, 0.05) is 8.95 Å². The van der Waals surface area contributed by atoms with E-state index in [4.69, 9.17) is 0 Å². The molecule has 0 aliphatic rings. The van der Waals surface area contributed by atoms with Crippen molar-refractivity contribution in [1.29, 1.82) is 0 Å². The molecule has 0 bridgehead atoms. The second kappa shape index (κ2) is 7.66. The van der Waals surface area contributed by atoms with Crippen molar-refractivity contribution >= 4 is 85.7 Å². The van der Waals surface area contributed by atoms with Gasteiger partial charge in [-0.1, -0.05) is 66.7 Å². The number of benzene rings is 7. The van der Waals surface area contributed by atoms with Crippen molar-refractivity contribution in [2.24, 2.45) is 0 Å². The third kappa shape index (κ3) is 3.10. The van der Waals surface area contributed by atoms with Gasteiger partial charge >= 0.3 is 0 Å². The average molecular weight is 562 g/mol. The van der Waals surface area contributed by atoms with Gasteiger partial charge in [-0.2, -0.15) is 0 Å². The molecular weight excluding hydrogens is 544 g/mol. The summed E-state index contributed by atoms with van der Waals surface area (Å²) in [6, 6.07) is 40.0. The van der Waals surface area contributed by atoms with Crippen molar-refractivity contribution in [2.75, 3.05) is 0 Å². The minimum absolute atomic E-state index is 1.06. The van der Waals surface area contributed by atoms with E-state index in [1.54, 1.807) is 0 Å². The Morgan fingerprint density at radius 1 is 0.353 bits per heavy atom. The molecule has 0 heterocycles. The van der Waals surface area contributed by atoms with Crippen LogP contribution in [-0.2, 0) is 0 Å². The molecule has 7 aromatic rings. The fourth-order valence-corrected chi connectivity index (χ4v) is 6.07.